The lowest BCUT2D eigenvalue weighted by Crippen LogP contribution is -3.16. The number of ether oxygens (including phenoxy) is 1. The summed E-state index contributed by atoms with van der Waals surface area (Å²) in [4.78, 5) is 13.9. The number of rotatable bonds is 5. The van der Waals surface area contributed by atoms with E-state index in [1.165, 1.54) is 16.0 Å². The summed E-state index contributed by atoms with van der Waals surface area (Å²) in [6.07, 6.45) is 1.03. The Balaban J connectivity index is 1.61. The van der Waals surface area contributed by atoms with E-state index in [9.17, 15) is 4.79 Å². The van der Waals surface area contributed by atoms with Crippen LogP contribution in [0.4, 0.5) is 5.69 Å². The molecule has 0 bridgehead atoms. The SMILES string of the molecule is CCOc1ccc(NC(=O)[C@@H](C)[NH+]2CCc3ccccc3C2)cc1. The molecule has 4 heteroatoms. The Morgan fingerprint density at radius 1 is 1.17 bits per heavy atom. The van der Waals surface area contributed by atoms with Crippen molar-refractivity contribution in [2.75, 3.05) is 18.5 Å². The summed E-state index contributed by atoms with van der Waals surface area (Å²) in [6.45, 7) is 6.51. The average molecular weight is 325 g/mol. The fourth-order valence-corrected chi connectivity index (χ4v) is 3.21. The molecule has 2 aromatic rings. The number of benzene rings is 2. The molecule has 2 atom stereocenters. The molecule has 0 aromatic heterocycles. The summed E-state index contributed by atoms with van der Waals surface area (Å²) in [6, 6.07) is 16.0. The molecule has 0 radical (unpaired) electrons. The quantitative estimate of drug-likeness (QED) is 0.884. The van der Waals surface area contributed by atoms with Crippen molar-refractivity contribution < 1.29 is 14.4 Å². The maximum Gasteiger partial charge on any atom is 0.282 e. The van der Waals surface area contributed by atoms with Crippen LogP contribution in [0.15, 0.2) is 48.5 Å². The molecule has 1 heterocycles. The molecule has 0 spiro atoms. The summed E-state index contributed by atoms with van der Waals surface area (Å²) >= 11 is 0. The zero-order valence-corrected chi connectivity index (χ0v) is 14.3. The van der Waals surface area contributed by atoms with E-state index in [2.05, 4.69) is 29.6 Å². The van der Waals surface area contributed by atoms with Crippen molar-refractivity contribution in [3.05, 3.63) is 59.7 Å². The second-order valence-electron chi connectivity index (χ2n) is 6.27. The topological polar surface area (TPSA) is 42.8 Å². The Morgan fingerprint density at radius 3 is 2.58 bits per heavy atom. The molecule has 4 nitrogen and oxygen atoms in total. The molecule has 1 unspecified atom stereocenters. The molecule has 2 aromatic carbocycles. The van der Waals surface area contributed by atoms with Gasteiger partial charge in [0.1, 0.15) is 12.3 Å². The number of quaternary nitrogens is 1. The van der Waals surface area contributed by atoms with Crippen molar-refractivity contribution >= 4 is 11.6 Å². The Bertz CT molecular complexity index is 697. The molecule has 24 heavy (non-hydrogen) atoms. The van der Waals surface area contributed by atoms with Crippen molar-refractivity contribution in [2.45, 2.75) is 32.9 Å². The zero-order chi connectivity index (χ0) is 16.9. The first-order valence-electron chi connectivity index (χ1n) is 8.62. The molecule has 2 N–H and O–H groups in total. The van der Waals surface area contributed by atoms with Crippen molar-refractivity contribution in [1.29, 1.82) is 0 Å². The van der Waals surface area contributed by atoms with Gasteiger partial charge in [-0.15, -0.1) is 0 Å². The molecule has 1 aliphatic rings. The Kier molecular flexibility index (Phi) is 5.16. The lowest BCUT2D eigenvalue weighted by molar-refractivity contribution is -0.929. The van der Waals surface area contributed by atoms with Crippen LogP contribution in [0.1, 0.15) is 25.0 Å². The van der Waals surface area contributed by atoms with Crippen molar-refractivity contribution in [3.63, 3.8) is 0 Å². The average Bonchev–Trinajstić information content (AvgIpc) is 2.62. The van der Waals surface area contributed by atoms with Gasteiger partial charge in [0, 0.05) is 17.7 Å². The van der Waals surface area contributed by atoms with E-state index in [0.29, 0.717) is 6.61 Å². The molecule has 0 saturated carbocycles. The molecule has 0 aliphatic carbocycles. The summed E-state index contributed by atoms with van der Waals surface area (Å²) < 4.78 is 5.42. The van der Waals surface area contributed by atoms with E-state index in [4.69, 9.17) is 4.74 Å². The van der Waals surface area contributed by atoms with E-state index in [0.717, 1.165) is 30.9 Å². The number of anilines is 1. The largest absolute Gasteiger partial charge is 0.494 e. The summed E-state index contributed by atoms with van der Waals surface area (Å²) in [7, 11) is 0. The third-order valence-corrected chi connectivity index (χ3v) is 4.69. The van der Waals surface area contributed by atoms with Gasteiger partial charge in [0.25, 0.3) is 5.91 Å². The van der Waals surface area contributed by atoms with E-state index in [1.54, 1.807) is 0 Å². The van der Waals surface area contributed by atoms with Crippen molar-refractivity contribution in [1.82, 2.24) is 0 Å². The molecule has 3 rings (SSSR count). The Morgan fingerprint density at radius 2 is 1.88 bits per heavy atom. The lowest BCUT2D eigenvalue weighted by Gasteiger charge is -2.30. The van der Waals surface area contributed by atoms with Crippen LogP contribution < -0.4 is 15.0 Å². The molecular weight excluding hydrogens is 300 g/mol. The predicted molar refractivity (Wildman–Crippen MR) is 95.4 cm³/mol. The number of carbonyl (C=O) groups excluding carboxylic acids is 1. The van der Waals surface area contributed by atoms with Gasteiger partial charge < -0.3 is 15.0 Å². The van der Waals surface area contributed by atoms with Gasteiger partial charge >= 0.3 is 0 Å². The maximum absolute atomic E-state index is 12.6. The van der Waals surface area contributed by atoms with Crippen LogP contribution in [0.3, 0.4) is 0 Å². The number of fused-ring (bicyclic) bond motifs is 1. The Hall–Kier alpha value is -2.33. The third-order valence-electron chi connectivity index (χ3n) is 4.69. The number of nitrogens with one attached hydrogen (secondary N) is 2. The molecule has 1 aliphatic heterocycles. The zero-order valence-electron chi connectivity index (χ0n) is 14.3. The van der Waals surface area contributed by atoms with Crippen LogP contribution in [0, 0.1) is 0 Å². The second kappa shape index (κ2) is 7.49. The van der Waals surface area contributed by atoms with E-state index >= 15 is 0 Å². The minimum absolute atomic E-state index is 0.0635. The Labute approximate surface area is 143 Å². The molecule has 0 saturated heterocycles. The predicted octanol–water partition coefficient (Wildman–Crippen LogP) is 2.05. The van der Waals surface area contributed by atoms with E-state index in [1.807, 2.05) is 38.1 Å². The summed E-state index contributed by atoms with van der Waals surface area (Å²) in [5.41, 5.74) is 3.59. The minimum atomic E-state index is -0.0788. The van der Waals surface area contributed by atoms with Gasteiger partial charge in [-0.2, -0.15) is 0 Å². The van der Waals surface area contributed by atoms with Gasteiger partial charge in [-0.25, -0.2) is 0 Å². The van der Waals surface area contributed by atoms with Gasteiger partial charge in [0.05, 0.1) is 13.2 Å². The highest BCUT2D eigenvalue weighted by atomic mass is 16.5. The molecule has 1 amide bonds. The van der Waals surface area contributed by atoms with Gasteiger partial charge in [-0.3, -0.25) is 4.79 Å². The third kappa shape index (κ3) is 3.77. The van der Waals surface area contributed by atoms with Crippen LogP contribution >= 0.6 is 0 Å². The fraction of sp³-hybridized carbons (Fsp3) is 0.350. The minimum Gasteiger partial charge on any atom is -0.494 e. The number of carbonyl (C=O) groups is 1. The smallest absolute Gasteiger partial charge is 0.282 e. The second-order valence-corrected chi connectivity index (χ2v) is 6.27. The van der Waals surface area contributed by atoms with Crippen LogP contribution in [-0.2, 0) is 17.8 Å². The lowest BCUT2D eigenvalue weighted by atomic mass is 9.99. The highest BCUT2D eigenvalue weighted by Crippen LogP contribution is 2.16. The highest BCUT2D eigenvalue weighted by Gasteiger charge is 2.28. The van der Waals surface area contributed by atoms with Crippen LogP contribution in [-0.4, -0.2) is 25.1 Å². The number of amides is 1. The summed E-state index contributed by atoms with van der Waals surface area (Å²) in [5, 5.41) is 3.02. The normalized spacial score (nSPS) is 17.7. The van der Waals surface area contributed by atoms with Crippen LogP contribution in [0.25, 0.3) is 0 Å². The first kappa shape index (κ1) is 16.5. The highest BCUT2D eigenvalue weighted by molar-refractivity contribution is 5.93. The summed E-state index contributed by atoms with van der Waals surface area (Å²) in [5.74, 6) is 0.885. The van der Waals surface area contributed by atoms with Crippen molar-refractivity contribution in [3.8, 4) is 5.75 Å². The number of hydrogen-bond acceptors (Lipinski definition) is 2. The van der Waals surface area contributed by atoms with E-state index in [-0.39, 0.29) is 11.9 Å². The van der Waals surface area contributed by atoms with Crippen molar-refractivity contribution in [2.24, 2.45) is 0 Å². The van der Waals surface area contributed by atoms with Gasteiger partial charge in [-0.1, -0.05) is 24.3 Å². The maximum atomic E-state index is 12.6. The molecular formula is C20H25N2O2+. The molecule has 0 fully saturated rings. The van der Waals surface area contributed by atoms with Gasteiger partial charge in [0.2, 0.25) is 0 Å². The van der Waals surface area contributed by atoms with E-state index < -0.39 is 0 Å². The van der Waals surface area contributed by atoms with Gasteiger partial charge in [0.15, 0.2) is 6.04 Å². The number of hydrogen-bond donors (Lipinski definition) is 2. The standard InChI is InChI=1S/C20H24N2O2/c1-3-24-19-10-8-18(9-11-19)21-20(23)15(2)22-13-12-16-6-4-5-7-17(16)14-22/h4-11,15H,3,12-14H2,1-2H3,(H,21,23)/p+1/t15-/m1/s1. The monoisotopic (exact) mass is 325 g/mol. The first-order valence-corrected chi connectivity index (χ1v) is 8.62. The van der Waals surface area contributed by atoms with Crippen LogP contribution in [0.2, 0.25) is 0 Å². The molecule has 126 valence electrons. The first-order chi connectivity index (χ1) is 11.7. The van der Waals surface area contributed by atoms with Gasteiger partial charge in [-0.05, 0) is 43.7 Å². The van der Waals surface area contributed by atoms with Crippen LogP contribution in [0.5, 0.6) is 5.75 Å². The fourth-order valence-electron chi connectivity index (χ4n) is 3.21.